The average Bonchev–Trinajstić information content (AvgIpc) is 3.81. The van der Waals surface area contributed by atoms with Gasteiger partial charge in [0.1, 0.15) is 0 Å². The maximum Gasteiger partial charge on any atom is 0.164 e. The SMILES string of the molecule is N#Cc1cccc(-c2ccccc2-c2cc3ccccc3c3ccccc23)c1-c1cccc(-c2cccc(-c3nc(-c4ccccc4)nc(-c4ccc(-c5ccc6c(c5)-c5cccc7cccc-6c57)cc4)n3)c2)c1. The predicted octanol–water partition coefficient (Wildman–Crippen LogP) is 18.2. The standard InChI is InChI=1S/C70H42N4/c71-43-54-24-14-30-61(57-27-7-9-29-59(57)64-42-51-17-4-5-25-55(51)56-26-6-8-28-58(56)64)66(54)52-22-10-20-48(39-52)49-21-11-23-53(40-49)70-73-68(46-15-2-1-3-16-46)72-69(74-70)47-35-33-44(34-36-47)50-37-38-60-62-31-12-18-45-19-13-32-63(67(45)62)65(60)41-50/h1-42H. The summed E-state index contributed by atoms with van der Waals surface area (Å²) in [5, 5.41) is 18.2. The Balaban J connectivity index is 0.830. The molecule has 1 aromatic heterocycles. The Morgan fingerprint density at radius 3 is 1.46 bits per heavy atom. The lowest BCUT2D eigenvalue weighted by atomic mass is 9.85. The van der Waals surface area contributed by atoms with E-state index in [9.17, 15) is 5.26 Å². The lowest BCUT2D eigenvalue weighted by Gasteiger charge is -2.18. The zero-order valence-electron chi connectivity index (χ0n) is 40.0. The van der Waals surface area contributed by atoms with Crippen LogP contribution in [0.5, 0.6) is 0 Å². The van der Waals surface area contributed by atoms with Crippen molar-refractivity contribution in [3.63, 3.8) is 0 Å². The Hall–Kier alpha value is -10.1. The van der Waals surface area contributed by atoms with Crippen LogP contribution in [0.25, 0.3) is 144 Å². The molecule has 0 bridgehead atoms. The molecule has 0 radical (unpaired) electrons. The van der Waals surface area contributed by atoms with Crippen LogP contribution >= 0.6 is 0 Å². The van der Waals surface area contributed by atoms with Gasteiger partial charge in [-0.3, -0.25) is 0 Å². The molecule has 1 aliphatic rings. The first kappa shape index (κ1) is 42.8. The number of rotatable bonds is 8. The third kappa shape index (κ3) is 7.26. The van der Waals surface area contributed by atoms with E-state index in [0.29, 0.717) is 23.0 Å². The zero-order chi connectivity index (χ0) is 49.1. The number of fused-ring (bicyclic) bond motifs is 6. The summed E-state index contributed by atoms with van der Waals surface area (Å²) in [6, 6.07) is 92.3. The van der Waals surface area contributed by atoms with Crippen LogP contribution in [-0.2, 0) is 0 Å². The van der Waals surface area contributed by atoms with Gasteiger partial charge in [-0.15, -0.1) is 0 Å². The van der Waals surface area contributed by atoms with Gasteiger partial charge in [-0.1, -0.05) is 224 Å². The molecular weight excluding hydrogens is 897 g/mol. The van der Waals surface area contributed by atoms with Crippen molar-refractivity contribution in [2.45, 2.75) is 0 Å². The first-order valence-corrected chi connectivity index (χ1v) is 25.0. The van der Waals surface area contributed by atoms with Crippen molar-refractivity contribution in [2.24, 2.45) is 0 Å². The van der Waals surface area contributed by atoms with Gasteiger partial charge in [0, 0.05) is 22.3 Å². The number of hydrogen-bond acceptors (Lipinski definition) is 4. The van der Waals surface area contributed by atoms with Crippen molar-refractivity contribution in [2.75, 3.05) is 0 Å². The monoisotopic (exact) mass is 938 g/mol. The molecular formula is C70H42N4. The summed E-state index contributed by atoms with van der Waals surface area (Å²) in [6.45, 7) is 0. The van der Waals surface area contributed by atoms with Crippen LogP contribution in [0.2, 0.25) is 0 Å². The van der Waals surface area contributed by atoms with E-state index in [2.05, 4.69) is 218 Å². The minimum Gasteiger partial charge on any atom is -0.208 e. The second kappa shape index (κ2) is 17.6. The van der Waals surface area contributed by atoms with E-state index in [-0.39, 0.29) is 0 Å². The molecule has 0 saturated carbocycles. The molecule has 0 atom stereocenters. The van der Waals surface area contributed by atoms with Crippen molar-refractivity contribution in [1.29, 1.82) is 5.26 Å². The van der Waals surface area contributed by atoms with Gasteiger partial charge in [-0.2, -0.15) is 5.26 Å². The molecule has 74 heavy (non-hydrogen) atoms. The minimum absolute atomic E-state index is 0.582. The summed E-state index contributed by atoms with van der Waals surface area (Å²) < 4.78 is 0. The molecule has 12 aromatic carbocycles. The van der Waals surface area contributed by atoms with Crippen molar-refractivity contribution < 1.29 is 0 Å². The maximum absolute atomic E-state index is 10.7. The summed E-state index contributed by atoms with van der Waals surface area (Å²) >= 11 is 0. The zero-order valence-corrected chi connectivity index (χ0v) is 40.0. The molecule has 0 aliphatic heterocycles. The van der Waals surface area contributed by atoms with Gasteiger partial charge >= 0.3 is 0 Å². The van der Waals surface area contributed by atoms with E-state index < -0.39 is 0 Å². The minimum atomic E-state index is 0.582. The fourth-order valence-corrected chi connectivity index (χ4v) is 11.2. The van der Waals surface area contributed by atoms with Crippen LogP contribution in [0.3, 0.4) is 0 Å². The third-order valence-electron chi connectivity index (χ3n) is 14.7. The Morgan fingerprint density at radius 2 is 0.716 bits per heavy atom. The molecule has 1 heterocycles. The van der Waals surface area contributed by atoms with Crippen LogP contribution in [0, 0.1) is 11.3 Å². The van der Waals surface area contributed by atoms with Gasteiger partial charge in [0.2, 0.25) is 0 Å². The van der Waals surface area contributed by atoms with E-state index in [0.717, 1.165) is 72.3 Å². The normalized spacial score (nSPS) is 11.5. The van der Waals surface area contributed by atoms with Gasteiger partial charge in [-0.05, 0) is 135 Å². The summed E-state index contributed by atoms with van der Waals surface area (Å²) in [5.41, 5.74) is 18.9. The Bertz CT molecular complexity index is 4430. The maximum atomic E-state index is 10.7. The molecule has 0 N–H and O–H groups in total. The Kier molecular flexibility index (Phi) is 10.2. The van der Waals surface area contributed by atoms with Crippen molar-refractivity contribution >= 4 is 32.3 Å². The van der Waals surface area contributed by atoms with Crippen LogP contribution in [0.1, 0.15) is 5.56 Å². The highest BCUT2D eigenvalue weighted by Gasteiger charge is 2.23. The van der Waals surface area contributed by atoms with E-state index >= 15 is 0 Å². The summed E-state index contributed by atoms with van der Waals surface area (Å²) in [4.78, 5) is 15.4. The molecule has 1 aliphatic carbocycles. The fraction of sp³-hybridized carbons (Fsp3) is 0. The molecule has 0 amide bonds. The molecule has 0 fully saturated rings. The van der Waals surface area contributed by atoms with Crippen molar-refractivity contribution in [1.82, 2.24) is 15.0 Å². The first-order chi connectivity index (χ1) is 36.6. The molecule has 13 aromatic rings. The molecule has 4 nitrogen and oxygen atoms in total. The smallest absolute Gasteiger partial charge is 0.164 e. The number of hydrogen-bond donors (Lipinski definition) is 0. The number of aromatic nitrogens is 3. The lowest BCUT2D eigenvalue weighted by molar-refractivity contribution is 1.07. The summed E-state index contributed by atoms with van der Waals surface area (Å²) in [6.07, 6.45) is 0. The topological polar surface area (TPSA) is 62.5 Å². The highest BCUT2D eigenvalue weighted by atomic mass is 15.0. The largest absolute Gasteiger partial charge is 0.208 e. The Labute approximate surface area is 428 Å². The van der Waals surface area contributed by atoms with E-state index in [4.69, 9.17) is 15.0 Å². The second-order valence-electron chi connectivity index (χ2n) is 19.0. The summed E-state index contributed by atoms with van der Waals surface area (Å²) in [5.74, 6) is 1.78. The van der Waals surface area contributed by atoms with Crippen LogP contribution < -0.4 is 0 Å². The van der Waals surface area contributed by atoms with Crippen LogP contribution in [0.15, 0.2) is 255 Å². The lowest BCUT2D eigenvalue weighted by Crippen LogP contribution is -2.00. The molecule has 4 heteroatoms. The predicted molar refractivity (Wildman–Crippen MR) is 305 cm³/mol. The van der Waals surface area contributed by atoms with Crippen molar-refractivity contribution in [3.8, 4) is 118 Å². The van der Waals surface area contributed by atoms with Crippen molar-refractivity contribution in [3.05, 3.63) is 260 Å². The first-order valence-electron chi connectivity index (χ1n) is 25.0. The van der Waals surface area contributed by atoms with Crippen LogP contribution in [-0.4, -0.2) is 15.0 Å². The fourth-order valence-electron chi connectivity index (χ4n) is 11.2. The molecule has 0 unspecified atom stereocenters. The Morgan fingerprint density at radius 1 is 0.257 bits per heavy atom. The third-order valence-corrected chi connectivity index (χ3v) is 14.7. The molecule has 0 saturated heterocycles. The van der Waals surface area contributed by atoms with Crippen LogP contribution in [0.4, 0.5) is 0 Å². The summed E-state index contributed by atoms with van der Waals surface area (Å²) in [7, 11) is 0. The average molecular weight is 939 g/mol. The molecule has 14 rings (SSSR count). The molecule has 0 spiro atoms. The van der Waals surface area contributed by atoms with Gasteiger partial charge in [0.25, 0.3) is 0 Å². The quantitative estimate of drug-likeness (QED) is 0.142. The second-order valence-corrected chi connectivity index (χ2v) is 19.0. The van der Waals surface area contributed by atoms with E-state index in [1.54, 1.807) is 0 Å². The highest BCUT2D eigenvalue weighted by Crippen LogP contribution is 2.49. The number of nitrogens with zero attached hydrogens (tertiary/aromatic N) is 4. The van der Waals surface area contributed by atoms with Gasteiger partial charge in [0.15, 0.2) is 17.5 Å². The number of benzene rings is 12. The van der Waals surface area contributed by atoms with Gasteiger partial charge in [0.05, 0.1) is 11.6 Å². The number of nitriles is 1. The van der Waals surface area contributed by atoms with E-state index in [1.165, 1.54) is 54.6 Å². The van der Waals surface area contributed by atoms with E-state index in [1.807, 2.05) is 42.5 Å². The van der Waals surface area contributed by atoms with Gasteiger partial charge < -0.3 is 0 Å². The highest BCUT2D eigenvalue weighted by molar-refractivity contribution is 6.16. The van der Waals surface area contributed by atoms with Gasteiger partial charge in [-0.25, -0.2) is 15.0 Å². The molecule has 342 valence electrons.